The second-order valence-corrected chi connectivity index (χ2v) is 8.05. The van der Waals surface area contributed by atoms with E-state index in [1.165, 1.54) is 7.11 Å². The number of rotatable bonds is 3. The van der Waals surface area contributed by atoms with E-state index in [9.17, 15) is 9.59 Å². The summed E-state index contributed by atoms with van der Waals surface area (Å²) in [5, 5.41) is 1.16. The number of fused-ring (bicyclic) bond motifs is 3. The molecule has 0 bridgehead atoms. The smallest absolute Gasteiger partial charge is 0.318 e. The molecule has 0 N–H and O–H groups in total. The molecule has 0 saturated heterocycles. The molecule has 2 heterocycles. The van der Waals surface area contributed by atoms with Gasteiger partial charge in [-0.3, -0.25) is 14.2 Å². The van der Waals surface area contributed by atoms with Crippen LogP contribution in [0.5, 0.6) is 0 Å². The summed E-state index contributed by atoms with van der Waals surface area (Å²) < 4.78 is 6.69. The molecule has 2 atom stereocenters. The molecule has 138 valence electrons. The van der Waals surface area contributed by atoms with E-state index in [4.69, 9.17) is 4.74 Å². The minimum absolute atomic E-state index is 0.0957. The lowest BCUT2D eigenvalue weighted by molar-refractivity contribution is -0.144. The third-order valence-electron chi connectivity index (χ3n) is 5.22. The molecule has 1 aromatic heterocycles. The number of nitrogens with zero attached hydrogens (tertiary/aromatic N) is 1. The molecule has 0 unspecified atom stereocenters. The number of ether oxygens (including phenoxy) is 1. The van der Waals surface area contributed by atoms with Gasteiger partial charge in [0.1, 0.15) is 5.92 Å². The van der Waals surface area contributed by atoms with Crippen molar-refractivity contribution in [2.45, 2.75) is 29.9 Å². The molecule has 0 saturated carbocycles. The molecule has 1 aliphatic rings. The average molecular weight is 379 g/mol. The van der Waals surface area contributed by atoms with Crippen LogP contribution in [0.15, 0.2) is 59.5 Å². The molecule has 4 nitrogen and oxygen atoms in total. The number of methoxy groups -OCH3 is 1. The maximum atomic E-state index is 13.3. The van der Waals surface area contributed by atoms with Crippen LogP contribution in [0.2, 0.25) is 0 Å². The van der Waals surface area contributed by atoms with Gasteiger partial charge in [-0.1, -0.05) is 36.4 Å². The largest absolute Gasteiger partial charge is 0.468 e. The lowest BCUT2D eigenvalue weighted by Gasteiger charge is -2.16. The summed E-state index contributed by atoms with van der Waals surface area (Å²) in [5.74, 6) is -1.39. The number of aromatic nitrogens is 1. The van der Waals surface area contributed by atoms with Crippen LogP contribution in [-0.4, -0.2) is 23.6 Å². The molecule has 0 radical (unpaired) electrons. The van der Waals surface area contributed by atoms with E-state index >= 15 is 0 Å². The Morgan fingerprint density at radius 1 is 1.07 bits per heavy atom. The maximum absolute atomic E-state index is 13.3. The van der Waals surface area contributed by atoms with Gasteiger partial charge in [-0.05, 0) is 43.5 Å². The Labute approximate surface area is 162 Å². The third kappa shape index (κ3) is 3.06. The van der Waals surface area contributed by atoms with E-state index < -0.39 is 11.9 Å². The van der Waals surface area contributed by atoms with Crippen LogP contribution < -0.4 is 0 Å². The van der Waals surface area contributed by atoms with E-state index in [0.717, 1.165) is 33.5 Å². The predicted molar refractivity (Wildman–Crippen MR) is 107 cm³/mol. The first kappa shape index (κ1) is 17.9. The fourth-order valence-electron chi connectivity index (χ4n) is 3.92. The van der Waals surface area contributed by atoms with Crippen molar-refractivity contribution in [1.29, 1.82) is 0 Å². The molecule has 27 heavy (non-hydrogen) atoms. The van der Waals surface area contributed by atoms with Crippen LogP contribution in [0, 0.1) is 12.8 Å². The first-order valence-corrected chi connectivity index (χ1v) is 9.93. The van der Waals surface area contributed by atoms with Crippen LogP contribution in [0.1, 0.15) is 34.1 Å². The van der Waals surface area contributed by atoms with Crippen LogP contribution >= 0.6 is 11.8 Å². The molecule has 5 heteroatoms. The summed E-state index contributed by atoms with van der Waals surface area (Å²) in [4.78, 5) is 26.8. The molecule has 1 aliphatic heterocycles. The van der Waals surface area contributed by atoms with Gasteiger partial charge in [-0.2, -0.15) is 0 Å². The first-order chi connectivity index (χ1) is 13.1. The number of aryl methyl sites for hydroxylation is 1. The van der Waals surface area contributed by atoms with E-state index in [1.807, 2.05) is 42.5 Å². The molecule has 0 amide bonds. The molecular weight excluding hydrogens is 358 g/mol. The van der Waals surface area contributed by atoms with Crippen LogP contribution in [0.4, 0.5) is 0 Å². The zero-order valence-corrected chi connectivity index (χ0v) is 16.2. The van der Waals surface area contributed by atoms with E-state index in [0.29, 0.717) is 6.42 Å². The molecule has 0 fully saturated rings. The topological polar surface area (TPSA) is 48.3 Å². The molecule has 2 aromatic carbocycles. The Balaban J connectivity index is 1.89. The highest BCUT2D eigenvalue weighted by Gasteiger charge is 2.37. The molecule has 4 rings (SSSR count). The van der Waals surface area contributed by atoms with E-state index in [2.05, 4.69) is 19.1 Å². The van der Waals surface area contributed by atoms with Crippen molar-refractivity contribution in [2.75, 3.05) is 7.11 Å². The first-order valence-electron chi connectivity index (χ1n) is 9.05. The quantitative estimate of drug-likeness (QED) is 0.474. The van der Waals surface area contributed by atoms with Crippen molar-refractivity contribution in [1.82, 2.24) is 4.57 Å². The van der Waals surface area contributed by atoms with Crippen molar-refractivity contribution < 1.29 is 14.3 Å². The highest BCUT2D eigenvalue weighted by molar-refractivity contribution is 7.99. The van der Waals surface area contributed by atoms with Gasteiger partial charge >= 0.3 is 5.97 Å². The number of hydrogen-bond donors (Lipinski definition) is 0. The molecule has 0 spiro atoms. The monoisotopic (exact) mass is 379 g/mol. The zero-order chi connectivity index (χ0) is 19.0. The number of carbonyl (C=O) groups is 2. The highest BCUT2D eigenvalue weighted by Crippen LogP contribution is 2.45. The number of para-hydroxylation sites is 1. The predicted octanol–water partition coefficient (Wildman–Crippen LogP) is 5.01. The summed E-state index contributed by atoms with van der Waals surface area (Å²) in [6, 6.07) is 18.1. The Hall–Kier alpha value is -2.53. The Morgan fingerprint density at radius 2 is 1.78 bits per heavy atom. The summed E-state index contributed by atoms with van der Waals surface area (Å²) >= 11 is 1.75. The molecule has 3 aromatic rings. The third-order valence-corrected chi connectivity index (χ3v) is 6.51. The van der Waals surface area contributed by atoms with Crippen molar-refractivity contribution in [2.24, 2.45) is 5.92 Å². The summed E-state index contributed by atoms with van der Waals surface area (Å²) in [5.41, 5.74) is 2.98. The Morgan fingerprint density at radius 3 is 2.52 bits per heavy atom. The molecule has 0 aliphatic carbocycles. The fourth-order valence-corrected chi connectivity index (χ4v) is 5.21. The average Bonchev–Trinajstić information content (AvgIpc) is 2.91. The Kier molecular flexibility index (Phi) is 4.79. The van der Waals surface area contributed by atoms with E-state index in [-0.39, 0.29) is 11.2 Å². The van der Waals surface area contributed by atoms with Crippen LogP contribution in [-0.2, 0) is 9.53 Å². The second kappa shape index (κ2) is 7.24. The van der Waals surface area contributed by atoms with E-state index in [1.54, 1.807) is 16.3 Å². The number of carbonyl (C=O) groups excluding carboxylic acids is 2. The number of thioether (sulfide) groups is 1. The van der Waals surface area contributed by atoms with Crippen molar-refractivity contribution in [3.05, 3.63) is 65.9 Å². The second-order valence-electron chi connectivity index (χ2n) is 6.77. The molecular formula is C22H21NO3S. The lowest BCUT2D eigenvalue weighted by atomic mass is 10.0. The summed E-state index contributed by atoms with van der Waals surface area (Å²) in [6.07, 6.45) is 1.23. The highest BCUT2D eigenvalue weighted by atomic mass is 32.2. The van der Waals surface area contributed by atoms with Gasteiger partial charge in [0.2, 0.25) is 5.91 Å². The number of esters is 1. The van der Waals surface area contributed by atoms with Gasteiger partial charge < -0.3 is 4.74 Å². The Bertz CT molecular complexity index is 1010. The summed E-state index contributed by atoms with van der Waals surface area (Å²) in [7, 11) is 1.34. The van der Waals surface area contributed by atoms with Gasteiger partial charge in [0.15, 0.2) is 0 Å². The van der Waals surface area contributed by atoms with Crippen molar-refractivity contribution >= 4 is 34.5 Å². The fraction of sp³-hybridized carbons (Fsp3) is 0.273. The van der Waals surface area contributed by atoms with Gasteiger partial charge in [0, 0.05) is 16.0 Å². The number of benzene rings is 2. The normalized spacial score (nSPS) is 19.6. The van der Waals surface area contributed by atoms with Gasteiger partial charge in [-0.15, -0.1) is 11.8 Å². The lowest BCUT2D eigenvalue weighted by Crippen LogP contribution is -2.29. The van der Waals surface area contributed by atoms with Gasteiger partial charge in [0.05, 0.1) is 17.9 Å². The van der Waals surface area contributed by atoms with Crippen molar-refractivity contribution in [3.8, 4) is 0 Å². The van der Waals surface area contributed by atoms with Crippen molar-refractivity contribution in [3.63, 3.8) is 0 Å². The zero-order valence-electron chi connectivity index (χ0n) is 15.3. The SMILES string of the molecule is COC(=O)[C@H]1CC[C@@H](Sc2ccccc2)c2c(C)c3ccccc3n2C1=O. The van der Waals surface area contributed by atoms with Crippen LogP contribution in [0.3, 0.4) is 0 Å². The van der Waals surface area contributed by atoms with Crippen LogP contribution in [0.25, 0.3) is 10.9 Å². The number of hydrogen-bond acceptors (Lipinski definition) is 4. The maximum Gasteiger partial charge on any atom is 0.318 e. The summed E-state index contributed by atoms with van der Waals surface area (Å²) in [6.45, 7) is 2.07. The van der Waals surface area contributed by atoms with Gasteiger partial charge in [0.25, 0.3) is 0 Å². The minimum atomic E-state index is -0.759. The minimum Gasteiger partial charge on any atom is -0.468 e. The standard InChI is InChI=1S/C22H21NO3S/c1-14-16-10-6-7-11-18(16)23-20(14)19(27-15-8-4-3-5-9-15)13-12-17(21(23)24)22(25)26-2/h3-11,17,19H,12-13H2,1-2H3/t17-,19+/m0/s1. The van der Waals surface area contributed by atoms with Gasteiger partial charge in [-0.25, -0.2) is 0 Å².